The van der Waals surface area contributed by atoms with Crippen LogP contribution in [0.4, 0.5) is 5.69 Å². The van der Waals surface area contributed by atoms with E-state index in [4.69, 9.17) is 5.73 Å². The first kappa shape index (κ1) is 14.0. The van der Waals surface area contributed by atoms with E-state index in [1.807, 2.05) is 23.7 Å². The molecular formula is C16H23N5. The van der Waals surface area contributed by atoms with Crippen molar-refractivity contribution >= 4 is 5.69 Å². The number of anilines is 1. The normalized spacial score (nSPS) is 17.2. The first-order valence-electron chi connectivity index (χ1n) is 7.76. The highest BCUT2D eigenvalue weighted by Crippen LogP contribution is 2.42. The second kappa shape index (κ2) is 5.47. The maximum Gasteiger partial charge on any atom is 0.182 e. The Morgan fingerprint density at radius 1 is 1.29 bits per heavy atom. The van der Waals surface area contributed by atoms with Gasteiger partial charge in [0.2, 0.25) is 0 Å². The zero-order valence-electron chi connectivity index (χ0n) is 12.8. The molecule has 21 heavy (non-hydrogen) atoms. The van der Waals surface area contributed by atoms with E-state index < -0.39 is 0 Å². The standard InChI is InChI=1S/C16H23N5/c1-3-16(8-4-5-9-16)11-21-15(18-19-20-21)13-6-7-14(17)12(2)10-13/h6-7,10H,3-5,8-9,11,17H2,1-2H3. The average Bonchev–Trinajstić information content (AvgIpc) is 3.12. The smallest absolute Gasteiger partial charge is 0.182 e. The molecule has 0 aliphatic heterocycles. The van der Waals surface area contributed by atoms with E-state index in [1.54, 1.807) is 0 Å². The topological polar surface area (TPSA) is 69.6 Å². The maximum atomic E-state index is 5.90. The summed E-state index contributed by atoms with van der Waals surface area (Å²) >= 11 is 0. The lowest BCUT2D eigenvalue weighted by molar-refractivity contribution is 0.226. The van der Waals surface area contributed by atoms with E-state index in [0.717, 1.165) is 29.2 Å². The average molecular weight is 285 g/mol. The summed E-state index contributed by atoms with van der Waals surface area (Å²) in [6.07, 6.45) is 6.40. The number of tetrazole rings is 1. The van der Waals surface area contributed by atoms with Gasteiger partial charge in [0.05, 0.1) is 6.54 Å². The molecule has 0 atom stereocenters. The number of aryl methyl sites for hydroxylation is 1. The molecule has 1 aromatic heterocycles. The van der Waals surface area contributed by atoms with Crippen molar-refractivity contribution in [3.05, 3.63) is 23.8 Å². The Kier molecular flexibility index (Phi) is 3.66. The minimum absolute atomic E-state index is 0.368. The van der Waals surface area contributed by atoms with Gasteiger partial charge in [-0.1, -0.05) is 19.8 Å². The van der Waals surface area contributed by atoms with Crippen LogP contribution in [-0.4, -0.2) is 20.2 Å². The molecule has 2 aromatic rings. The Balaban J connectivity index is 1.91. The van der Waals surface area contributed by atoms with Crippen LogP contribution < -0.4 is 5.73 Å². The highest BCUT2D eigenvalue weighted by Gasteiger charge is 2.33. The lowest BCUT2D eigenvalue weighted by Crippen LogP contribution is -2.24. The van der Waals surface area contributed by atoms with Gasteiger partial charge in [-0.15, -0.1) is 5.10 Å². The lowest BCUT2D eigenvalue weighted by Gasteiger charge is -2.27. The molecule has 0 bridgehead atoms. The molecule has 3 rings (SSSR count). The number of nitrogens with zero attached hydrogens (tertiary/aromatic N) is 4. The van der Waals surface area contributed by atoms with Crippen molar-refractivity contribution in [1.82, 2.24) is 20.2 Å². The fraction of sp³-hybridized carbons (Fsp3) is 0.562. The summed E-state index contributed by atoms with van der Waals surface area (Å²) in [5.74, 6) is 0.845. The van der Waals surface area contributed by atoms with E-state index in [1.165, 1.54) is 32.1 Å². The lowest BCUT2D eigenvalue weighted by atomic mass is 9.83. The first-order chi connectivity index (χ1) is 10.1. The molecular weight excluding hydrogens is 262 g/mol. The van der Waals surface area contributed by atoms with Crippen LogP contribution in [0, 0.1) is 12.3 Å². The number of nitrogens with two attached hydrogens (primary N) is 1. The summed E-state index contributed by atoms with van der Waals surface area (Å²) in [5.41, 5.74) is 9.17. The van der Waals surface area contributed by atoms with Crippen molar-refractivity contribution in [2.45, 2.75) is 52.5 Å². The molecule has 5 heteroatoms. The second-order valence-electron chi connectivity index (χ2n) is 6.29. The van der Waals surface area contributed by atoms with E-state index in [0.29, 0.717) is 5.41 Å². The minimum atomic E-state index is 0.368. The molecule has 1 saturated carbocycles. The van der Waals surface area contributed by atoms with Crippen LogP contribution in [0.25, 0.3) is 11.4 Å². The zero-order chi connectivity index (χ0) is 14.9. The van der Waals surface area contributed by atoms with Crippen molar-refractivity contribution in [3.63, 3.8) is 0 Å². The molecule has 2 N–H and O–H groups in total. The van der Waals surface area contributed by atoms with Crippen LogP contribution in [0.3, 0.4) is 0 Å². The molecule has 1 aliphatic carbocycles. The Morgan fingerprint density at radius 2 is 2.05 bits per heavy atom. The molecule has 0 unspecified atom stereocenters. The number of aromatic nitrogens is 4. The molecule has 1 aromatic carbocycles. The van der Waals surface area contributed by atoms with Gasteiger partial charge in [-0.3, -0.25) is 0 Å². The third-order valence-electron chi connectivity index (χ3n) is 4.96. The third-order valence-corrected chi connectivity index (χ3v) is 4.96. The summed E-state index contributed by atoms with van der Waals surface area (Å²) in [6.45, 7) is 5.20. The molecule has 0 saturated heterocycles. The van der Waals surface area contributed by atoms with Gasteiger partial charge < -0.3 is 5.73 Å². The highest BCUT2D eigenvalue weighted by atomic mass is 15.5. The van der Waals surface area contributed by atoms with Crippen LogP contribution >= 0.6 is 0 Å². The van der Waals surface area contributed by atoms with Crippen LogP contribution in [0.5, 0.6) is 0 Å². The molecule has 0 spiro atoms. The van der Waals surface area contributed by atoms with Crippen molar-refractivity contribution in [2.24, 2.45) is 5.41 Å². The Labute approximate surface area is 125 Å². The van der Waals surface area contributed by atoms with Crippen molar-refractivity contribution in [3.8, 4) is 11.4 Å². The van der Waals surface area contributed by atoms with Gasteiger partial charge in [0.15, 0.2) is 5.82 Å². The largest absolute Gasteiger partial charge is 0.399 e. The molecule has 1 heterocycles. The number of hydrogen-bond acceptors (Lipinski definition) is 4. The van der Waals surface area contributed by atoms with Crippen molar-refractivity contribution < 1.29 is 0 Å². The number of hydrogen-bond donors (Lipinski definition) is 1. The Bertz CT molecular complexity index is 625. The van der Waals surface area contributed by atoms with E-state index in [-0.39, 0.29) is 0 Å². The van der Waals surface area contributed by atoms with Crippen molar-refractivity contribution in [1.29, 1.82) is 0 Å². The molecule has 112 valence electrons. The van der Waals surface area contributed by atoms with Gasteiger partial charge >= 0.3 is 0 Å². The number of benzene rings is 1. The van der Waals surface area contributed by atoms with Crippen LogP contribution in [0.2, 0.25) is 0 Å². The van der Waals surface area contributed by atoms with Crippen LogP contribution in [0.15, 0.2) is 18.2 Å². The van der Waals surface area contributed by atoms with Gasteiger partial charge in [-0.2, -0.15) is 0 Å². The monoisotopic (exact) mass is 285 g/mol. The summed E-state index contributed by atoms with van der Waals surface area (Å²) in [6, 6.07) is 5.98. The SMILES string of the molecule is CCC1(Cn2nnnc2-c2ccc(N)c(C)c2)CCCC1. The summed E-state index contributed by atoms with van der Waals surface area (Å²) in [5, 5.41) is 12.3. The number of nitrogen functional groups attached to an aromatic ring is 1. The fourth-order valence-electron chi connectivity index (χ4n) is 3.40. The molecule has 0 amide bonds. The predicted molar refractivity (Wildman–Crippen MR) is 83.6 cm³/mol. The zero-order valence-corrected chi connectivity index (χ0v) is 12.8. The van der Waals surface area contributed by atoms with Gasteiger partial charge in [-0.05, 0) is 65.8 Å². The van der Waals surface area contributed by atoms with Gasteiger partial charge in [0, 0.05) is 11.3 Å². The Hall–Kier alpha value is -1.91. The van der Waals surface area contributed by atoms with Crippen molar-refractivity contribution in [2.75, 3.05) is 5.73 Å². The minimum Gasteiger partial charge on any atom is -0.399 e. The van der Waals surface area contributed by atoms with Gasteiger partial charge in [0.25, 0.3) is 0 Å². The Morgan fingerprint density at radius 3 is 2.71 bits per heavy atom. The molecule has 1 fully saturated rings. The van der Waals surface area contributed by atoms with E-state index in [2.05, 4.69) is 28.5 Å². The van der Waals surface area contributed by atoms with Crippen LogP contribution in [-0.2, 0) is 6.54 Å². The molecule has 1 aliphatic rings. The van der Waals surface area contributed by atoms with Crippen LogP contribution in [0.1, 0.15) is 44.6 Å². The first-order valence-corrected chi connectivity index (χ1v) is 7.76. The number of rotatable bonds is 4. The molecule has 0 radical (unpaired) electrons. The summed E-state index contributed by atoms with van der Waals surface area (Å²) < 4.78 is 1.97. The van der Waals surface area contributed by atoms with E-state index >= 15 is 0 Å². The quantitative estimate of drug-likeness (QED) is 0.876. The predicted octanol–water partition coefficient (Wildman–Crippen LogP) is 3.20. The molecule has 5 nitrogen and oxygen atoms in total. The maximum absolute atomic E-state index is 5.90. The highest BCUT2D eigenvalue weighted by molar-refractivity contribution is 5.61. The van der Waals surface area contributed by atoms with Gasteiger partial charge in [-0.25, -0.2) is 4.68 Å². The summed E-state index contributed by atoms with van der Waals surface area (Å²) in [4.78, 5) is 0. The van der Waals surface area contributed by atoms with E-state index in [9.17, 15) is 0 Å². The fourth-order valence-corrected chi connectivity index (χ4v) is 3.40. The third kappa shape index (κ3) is 2.64. The summed E-state index contributed by atoms with van der Waals surface area (Å²) in [7, 11) is 0. The second-order valence-corrected chi connectivity index (χ2v) is 6.29. The van der Waals surface area contributed by atoms with Gasteiger partial charge in [0.1, 0.15) is 0 Å².